The first-order valence-electron chi connectivity index (χ1n) is 9.67. The Balaban J connectivity index is 1.90. The fraction of sp³-hybridized carbons (Fsp3) is 0.167. The zero-order valence-electron chi connectivity index (χ0n) is 16.4. The maximum atomic E-state index is 14.7. The topological polar surface area (TPSA) is 67.5 Å². The Morgan fingerprint density at radius 2 is 1.70 bits per heavy atom. The van der Waals surface area contributed by atoms with Gasteiger partial charge in [0, 0.05) is 33.9 Å². The van der Waals surface area contributed by atoms with Gasteiger partial charge < -0.3 is 11.1 Å². The molecule has 1 aliphatic heterocycles. The Labute approximate surface area is 179 Å². The van der Waals surface area contributed by atoms with E-state index in [2.05, 4.69) is 5.32 Å². The molecule has 3 aromatic rings. The van der Waals surface area contributed by atoms with Crippen LogP contribution in [-0.2, 0) is 0 Å². The van der Waals surface area contributed by atoms with Crippen LogP contribution in [0.3, 0.4) is 0 Å². The normalized spacial score (nSPS) is 20.5. The van der Waals surface area contributed by atoms with Crippen molar-refractivity contribution in [1.29, 1.82) is 0 Å². The van der Waals surface area contributed by atoms with Crippen molar-refractivity contribution in [1.82, 2.24) is 0 Å². The van der Waals surface area contributed by atoms with Gasteiger partial charge in [-0.1, -0.05) is 41.9 Å². The van der Waals surface area contributed by atoms with E-state index in [0.717, 1.165) is 0 Å². The van der Waals surface area contributed by atoms with E-state index in [1.54, 1.807) is 42.5 Å². The standard InChI is InChI=1S/C24H21ClFN3O/c1-15-24(14-27,23(30)16-10-12-17(25)13-11-16)29-21-9-5-3-7-19(21)22(28-15)18-6-2-4-8-20(18)26/h2-13,15,29H,14,27H2,1H3. The Hall–Kier alpha value is -3.02. The van der Waals surface area contributed by atoms with Crippen molar-refractivity contribution >= 4 is 28.8 Å². The van der Waals surface area contributed by atoms with Crippen molar-refractivity contribution < 1.29 is 9.18 Å². The molecule has 0 amide bonds. The molecule has 1 heterocycles. The molecule has 2 unspecified atom stereocenters. The Morgan fingerprint density at radius 1 is 1.07 bits per heavy atom. The number of nitrogens with one attached hydrogen (secondary N) is 1. The van der Waals surface area contributed by atoms with E-state index >= 15 is 0 Å². The van der Waals surface area contributed by atoms with Crippen LogP contribution in [0.25, 0.3) is 0 Å². The number of hydrogen-bond donors (Lipinski definition) is 2. The first-order valence-corrected chi connectivity index (χ1v) is 10.0. The molecule has 1 aliphatic rings. The number of benzene rings is 3. The highest BCUT2D eigenvalue weighted by Gasteiger charge is 2.45. The summed E-state index contributed by atoms with van der Waals surface area (Å²) >= 11 is 5.99. The summed E-state index contributed by atoms with van der Waals surface area (Å²) in [5.41, 5.74) is 7.73. The number of halogens is 2. The number of fused-ring (bicyclic) bond motifs is 1. The molecule has 3 N–H and O–H groups in total. The number of nitrogens with two attached hydrogens (primary N) is 1. The lowest BCUT2D eigenvalue weighted by molar-refractivity contribution is 0.0895. The SMILES string of the molecule is CC1N=C(c2ccccc2F)c2ccccc2NC1(CN)C(=O)c1ccc(Cl)cc1. The van der Waals surface area contributed by atoms with Crippen LogP contribution in [0.4, 0.5) is 10.1 Å². The van der Waals surface area contributed by atoms with Gasteiger partial charge in [0.1, 0.15) is 11.4 Å². The van der Waals surface area contributed by atoms with Crippen LogP contribution in [0.5, 0.6) is 0 Å². The van der Waals surface area contributed by atoms with Crippen LogP contribution < -0.4 is 11.1 Å². The van der Waals surface area contributed by atoms with Crippen molar-refractivity contribution in [3.8, 4) is 0 Å². The number of carbonyl (C=O) groups is 1. The summed E-state index contributed by atoms with van der Waals surface area (Å²) in [6, 6.07) is 20.0. The summed E-state index contributed by atoms with van der Waals surface area (Å²) in [7, 11) is 0. The van der Waals surface area contributed by atoms with Gasteiger partial charge in [0.15, 0.2) is 5.78 Å². The lowest BCUT2D eigenvalue weighted by atomic mass is 9.83. The van der Waals surface area contributed by atoms with Gasteiger partial charge in [-0.3, -0.25) is 9.79 Å². The number of anilines is 1. The monoisotopic (exact) mass is 421 g/mol. The molecule has 0 aliphatic carbocycles. The largest absolute Gasteiger partial charge is 0.369 e. The predicted molar refractivity (Wildman–Crippen MR) is 119 cm³/mol. The number of carbonyl (C=O) groups excluding carboxylic acids is 1. The number of aliphatic imine (C=N–C) groups is 1. The van der Waals surface area contributed by atoms with Crippen molar-refractivity contribution in [2.45, 2.75) is 18.5 Å². The number of para-hydroxylation sites is 1. The van der Waals surface area contributed by atoms with E-state index in [-0.39, 0.29) is 18.1 Å². The lowest BCUT2D eigenvalue weighted by Gasteiger charge is -2.35. The number of rotatable bonds is 4. The number of Topliss-reactive ketones (excluding diaryl/α,β-unsaturated/α-hetero) is 1. The van der Waals surface area contributed by atoms with Gasteiger partial charge in [-0.15, -0.1) is 0 Å². The quantitative estimate of drug-likeness (QED) is 0.599. The zero-order valence-corrected chi connectivity index (χ0v) is 17.2. The van der Waals surface area contributed by atoms with Crippen LogP contribution in [0.15, 0.2) is 77.8 Å². The third-order valence-corrected chi connectivity index (χ3v) is 5.79. The zero-order chi connectivity index (χ0) is 21.3. The van der Waals surface area contributed by atoms with E-state index < -0.39 is 11.6 Å². The maximum Gasteiger partial charge on any atom is 0.191 e. The molecule has 30 heavy (non-hydrogen) atoms. The molecular formula is C24H21ClFN3O. The fourth-order valence-corrected chi connectivity index (χ4v) is 3.93. The minimum Gasteiger partial charge on any atom is -0.369 e. The summed E-state index contributed by atoms with van der Waals surface area (Å²) in [4.78, 5) is 18.4. The molecule has 0 radical (unpaired) electrons. The molecule has 0 spiro atoms. The maximum absolute atomic E-state index is 14.7. The lowest BCUT2D eigenvalue weighted by Crippen LogP contribution is -2.59. The number of nitrogens with zero attached hydrogens (tertiary/aromatic N) is 1. The van der Waals surface area contributed by atoms with Gasteiger partial charge in [-0.05, 0) is 49.4 Å². The van der Waals surface area contributed by atoms with Gasteiger partial charge in [0.2, 0.25) is 0 Å². The number of hydrogen-bond acceptors (Lipinski definition) is 4. The van der Waals surface area contributed by atoms with E-state index in [9.17, 15) is 9.18 Å². The second-order valence-electron chi connectivity index (χ2n) is 7.32. The third kappa shape index (κ3) is 3.40. The Morgan fingerprint density at radius 3 is 2.37 bits per heavy atom. The van der Waals surface area contributed by atoms with E-state index in [4.69, 9.17) is 22.3 Å². The molecule has 2 atom stereocenters. The van der Waals surface area contributed by atoms with Crippen molar-refractivity contribution in [3.63, 3.8) is 0 Å². The van der Waals surface area contributed by atoms with E-state index in [1.165, 1.54) is 6.07 Å². The van der Waals surface area contributed by atoms with Crippen LogP contribution in [0.1, 0.15) is 28.4 Å². The van der Waals surface area contributed by atoms with Crippen LogP contribution in [0, 0.1) is 5.82 Å². The molecule has 4 rings (SSSR count). The first kappa shape index (κ1) is 20.3. The molecule has 0 bridgehead atoms. The summed E-state index contributed by atoms with van der Waals surface area (Å²) in [5.74, 6) is -0.565. The number of ketones is 1. The third-order valence-electron chi connectivity index (χ3n) is 5.54. The molecule has 6 heteroatoms. The van der Waals surface area contributed by atoms with Crippen LogP contribution >= 0.6 is 11.6 Å². The molecule has 3 aromatic carbocycles. The van der Waals surface area contributed by atoms with Crippen LogP contribution in [-0.4, -0.2) is 29.6 Å². The summed E-state index contributed by atoms with van der Waals surface area (Å²) in [5, 5.41) is 3.90. The van der Waals surface area contributed by atoms with Gasteiger partial charge in [0.25, 0.3) is 0 Å². The average Bonchev–Trinajstić information content (AvgIpc) is 2.89. The smallest absolute Gasteiger partial charge is 0.191 e. The highest BCUT2D eigenvalue weighted by molar-refractivity contribution is 6.30. The van der Waals surface area contributed by atoms with Crippen LogP contribution in [0.2, 0.25) is 5.02 Å². The van der Waals surface area contributed by atoms with Crippen molar-refractivity contribution in [3.05, 3.63) is 100 Å². The van der Waals surface area contributed by atoms with Gasteiger partial charge in [0.05, 0.1) is 11.8 Å². The predicted octanol–water partition coefficient (Wildman–Crippen LogP) is 4.71. The Bertz CT molecular complexity index is 1130. The van der Waals surface area contributed by atoms with Crippen molar-refractivity contribution in [2.24, 2.45) is 10.7 Å². The van der Waals surface area contributed by atoms with Gasteiger partial charge in [-0.2, -0.15) is 0 Å². The van der Waals surface area contributed by atoms with E-state index in [1.807, 2.05) is 31.2 Å². The molecule has 0 aromatic heterocycles. The summed E-state index contributed by atoms with van der Waals surface area (Å²) in [6.07, 6.45) is 0. The highest BCUT2D eigenvalue weighted by Crippen LogP contribution is 2.33. The number of benzodiazepines with no additional fused rings is 1. The Kier molecular flexibility index (Phi) is 5.41. The minimum absolute atomic E-state index is 0.0119. The minimum atomic E-state index is -1.20. The fourth-order valence-electron chi connectivity index (χ4n) is 3.80. The molecular weight excluding hydrogens is 401 g/mol. The second kappa shape index (κ2) is 8.01. The van der Waals surface area contributed by atoms with E-state index in [0.29, 0.717) is 33.1 Å². The highest BCUT2D eigenvalue weighted by atomic mass is 35.5. The van der Waals surface area contributed by atoms with Gasteiger partial charge in [-0.25, -0.2) is 4.39 Å². The molecule has 4 nitrogen and oxygen atoms in total. The van der Waals surface area contributed by atoms with Gasteiger partial charge >= 0.3 is 0 Å². The average molecular weight is 422 g/mol. The summed E-state index contributed by atoms with van der Waals surface area (Å²) < 4.78 is 14.7. The molecule has 0 saturated carbocycles. The molecule has 0 saturated heterocycles. The van der Waals surface area contributed by atoms with Crippen molar-refractivity contribution in [2.75, 3.05) is 11.9 Å². The molecule has 152 valence electrons. The first-order chi connectivity index (χ1) is 14.5. The summed E-state index contributed by atoms with van der Waals surface area (Å²) in [6.45, 7) is 1.83. The second-order valence-corrected chi connectivity index (χ2v) is 7.75. The molecule has 0 fully saturated rings.